The Morgan fingerprint density at radius 3 is 2.78 bits per heavy atom. The van der Waals surface area contributed by atoms with Gasteiger partial charge in [-0.05, 0) is 23.4 Å². The minimum absolute atomic E-state index is 0.119. The van der Waals surface area contributed by atoms with E-state index in [1.807, 2.05) is 0 Å². The van der Waals surface area contributed by atoms with Crippen LogP contribution >= 0.6 is 0 Å². The van der Waals surface area contributed by atoms with Crippen LogP contribution < -0.4 is 5.32 Å². The van der Waals surface area contributed by atoms with Gasteiger partial charge in [-0.2, -0.15) is 5.21 Å². The standard InChI is InChI=1S/C9H9N5O3S/c1-18(16,17)7-4-2-3-6(5-7)10-9(15)8-11-13-14-12-8/h2-5H,1H3,(H,10,15)(H,11,12,13,14). The van der Waals surface area contributed by atoms with Crippen molar-refractivity contribution in [3.63, 3.8) is 0 Å². The lowest BCUT2D eigenvalue weighted by molar-refractivity contribution is 0.101. The van der Waals surface area contributed by atoms with Crippen LogP contribution in [0.25, 0.3) is 0 Å². The van der Waals surface area contributed by atoms with Crippen LogP contribution in [0.4, 0.5) is 5.69 Å². The summed E-state index contributed by atoms with van der Waals surface area (Å²) in [5, 5.41) is 14.9. The number of sulfone groups is 1. The average Bonchev–Trinajstić information content (AvgIpc) is 2.81. The van der Waals surface area contributed by atoms with Gasteiger partial charge in [-0.3, -0.25) is 4.79 Å². The molecule has 94 valence electrons. The van der Waals surface area contributed by atoms with Crippen LogP contribution in [-0.2, 0) is 9.84 Å². The highest BCUT2D eigenvalue weighted by molar-refractivity contribution is 7.90. The van der Waals surface area contributed by atoms with E-state index in [9.17, 15) is 13.2 Å². The molecular formula is C9H9N5O3S. The monoisotopic (exact) mass is 267 g/mol. The lowest BCUT2D eigenvalue weighted by Crippen LogP contribution is -2.14. The van der Waals surface area contributed by atoms with Gasteiger partial charge in [-0.15, -0.1) is 10.2 Å². The molecule has 2 N–H and O–H groups in total. The lowest BCUT2D eigenvalue weighted by Gasteiger charge is -2.04. The third kappa shape index (κ3) is 2.69. The first-order valence-corrected chi connectivity index (χ1v) is 6.71. The maximum atomic E-state index is 11.6. The molecule has 2 rings (SSSR count). The van der Waals surface area contributed by atoms with Crippen molar-refractivity contribution in [1.82, 2.24) is 20.6 Å². The van der Waals surface area contributed by atoms with Gasteiger partial charge in [-0.25, -0.2) is 8.42 Å². The third-order valence-corrected chi connectivity index (χ3v) is 3.18. The highest BCUT2D eigenvalue weighted by Crippen LogP contribution is 2.15. The molecule has 0 aliphatic rings. The van der Waals surface area contributed by atoms with E-state index >= 15 is 0 Å². The molecule has 2 aromatic rings. The van der Waals surface area contributed by atoms with Crippen molar-refractivity contribution < 1.29 is 13.2 Å². The number of tetrazole rings is 1. The SMILES string of the molecule is CS(=O)(=O)c1cccc(NC(=O)c2nn[nH]n2)c1. The van der Waals surface area contributed by atoms with E-state index in [0.717, 1.165) is 6.26 Å². The second kappa shape index (κ2) is 4.53. The van der Waals surface area contributed by atoms with E-state index in [2.05, 4.69) is 25.9 Å². The quantitative estimate of drug-likeness (QED) is 0.798. The topological polar surface area (TPSA) is 118 Å². The Morgan fingerprint density at radius 2 is 2.17 bits per heavy atom. The van der Waals surface area contributed by atoms with E-state index in [1.165, 1.54) is 18.2 Å². The summed E-state index contributed by atoms with van der Waals surface area (Å²) in [6, 6.07) is 5.89. The third-order valence-electron chi connectivity index (χ3n) is 2.07. The average molecular weight is 267 g/mol. The molecular weight excluding hydrogens is 258 g/mol. The summed E-state index contributed by atoms with van der Waals surface area (Å²) < 4.78 is 22.7. The predicted octanol–water partition coefficient (Wildman–Crippen LogP) is -0.145. The molecule has 9 heteroatoms. The molecule has 0 atom stereocenters. The molecule has 0 bridgehead atoms. The van der Waals surface area contributed by atoms with Gasteiger partial charge in [-0.1, -0.05) is 6.07 Å². The van der Waals surface area contributed by atoms with Crippen LogP contribution in [0.2, 0.25) is 0 Å². The molecule has 0 spiro atoms. The number of hydrogen-bond donors (Lipinski definition) is 2. The van der Waals surface area contributed by atoms with Crippen molar-refractivity contribution in [3.05, 3.63) is 30.1 Å². The van der Waals surface area contributed by atoms with Crippen LogP contribution in [0, 0.1) is 0 Å². The van der Waals surface area contributed by atoms with E-state index in [-0.39, 0.29) is 10.7 Å². The molecule has 0 saturated carbocycles. The number of H-pyrrole nitrogens is 1. The number of amides is 1. The van der Waals surface area contributed by atoms with Crippen molar-refractivity contribution in [3.8, 4) is 0 Å². The highest BCUT2D eigenvalue weighted by atomic mass is 32.2. The smallest absolute Gasteiger partial charge is 0.297 e. The minimum Gasteiger partial charge on any atom is -0.319 e. The molecule has 8 nitrogen and oxygen atoms in total. The summed E-state index contributed by atoms with van der Waals surface area (Å²) in [6.45, 7) is 0. The van der Waals surface area contributed by atoms with E-state index < -0.39 is 15.7 Å². The maximum absolute atomic E-state index is 11.6. The Morgan fingerprint density at radius 1 is 1.39 bits per heavy atom. The van der Waals surface area contributed by atoms with E-state index in [0.29, 0.717) is 5.69 Å². The highest BCUT2D eigenvalue weighted by Gasteiger charge is 2.12. The van der Waals surface area contributed by atoms with E-state index in [4.69, 9.17) is 0 Å². The molecule has 0 radical (unpaired) electrons. The summed E-state index contributed by atoms with van der Waals surface area (Å²) >= 11 is 0. The van der Waals surface area contributed by atoms with Crippen molar-refractivity contribution in [2.75, 3.05) is 11.6 Å². The molecule has 0 fully saturated rings. The van der Waals surface area contributed by atoms with Gasteiger partial charge in [0.1, 0.15) is 0 Å². The number of nitrogens with zero attached hydrogens (tertiary/aromatic N) is 3. The Bertz CT molecular complexity index is 665. The molecule has 0 aliphatic heterocycles. The molecule has 0 unspecified atom stereocenters. The number of anilines is 1. The summed E-state index contributed by atoms with van der Waals surface area (Å²) in [6.07, 6.45) is 1.09. The first-order chi connectivity index (χ1) is 8.47. The summed E-state index contributed by atoms with van der Waals surface area (Å²) in [7, 11) is -3.32. The molecule has 0 aliphatic carbocycles. The number of hydrogen-bond acceptors (Lipinski definition) is 6. The molecule has 1 aromatic carbocycles. The molecule has 18 heavy (non-hydrogen) atoms. The molecule has 1 aromatic heterocycles. The number of rotatable bonds is 3. The fraction of sp³-hybridized carbons (Fsp3) is 0.111. The van der Waals surface area contributed by atoms with Crippen LogP contribution in [0.5, 0.6) is 0 Å². The Kier molecular flexibility index (Phi) is 3.06. The van der Waals surface area contributed by atoms with Crippen molar-refractivity contribution in [2.45, 2.75) is 4.90 Å². The van der Waals surface area contributed by atoms with Gasteiger partial charge in [0.15, 0.2) is 9.84 Å². The lowest BCUT2D eigenvalue weighted by atomic mass is 10.3. The minimum atomic E-state index is -3.32. The van der Waals surface area contributed by atoms with Crippen molar-refractivity contribution >= 4 is 21.4 Å². The number of aromatic nitrogens is 4. The van der Waals surface area contributed by atoms with Gasteiger partial charge >= 0.3 is 0 Å². The first-order valence-electron chi connectivity index (χ1n) is 4.82. The van der Waals surface area contributed by atoms with Crippen LogP contribution in [-0.4, -0.2) is 41.2 Å². The predicted molar refractivity (Wildman–Crippen MR) is 61.7 cm³/mol. The van der Waals surface area contributed by atoms with E-state index in [1.54, 1.807) is 6.07 Å². The van der Waals surface area contributed by atoms with Crippen molar-refractivity contribution in [1.29, 1.82) is 0 Å². The number of carbonyl (C=O) groups excluding carboxylic acids is 1. The Balaban J connectivity index is 2.23. The molecule has 1 amide bonds. The summed E-state index contributed by atoms with van der Waals surface area (Å²) in [5.74, 6) is -0.700. The fourth-order valence-electron chi connectivity index (χ4n) is 1.25. The Hall–Kier alpha value is -2.29. The fourth-order valence-corrected chi connectivity index (χ4v) is 1.92. The second-order valence-corrected chi connectivity index (χ2v) is 5.51. The van der Waals surface area contributed by atoms with Crippen LogP contribution in [0.3, 0.4) is 0 Å². The number of benzene rings is 1. The zero-order chi connectivity index (χ0) is 13.2. The number of aromatic amines is 1. The first kappa shape index (κ1) is 12.2. The van der Waals surface area contributed by atoms with Crippen LogP contribution in [0.15, 0.2) is 29.2 Å². The summed E-state index contributed by atoms with van der Waals surface area (Å²) in [4.78, 5) is 11.7. The van der Waals surface area contributed by atoms with Crippen molar-refractivity contribution in [2.24, 2.45) is 0 Å². The zero-order valence-electron chi connectivity index (χ0n) is 9.28. The maximum Gasteiger partial charge on any atom is 0.297 e. The number of carbonyl (C=O) groups is 1. The van der Waals surface area contributed by atoms with Gasteiger partial charge < -0.3 is 5.32 Å². The largest absolute Gasteiger partial charge is 0.319 e. The molecule has 0 saturated heterocycles. The summed E-state index contributed by atoms with van der Waals surface area (Å²) in [5.41, 5.74) is 0.340. The van der Waals surface area contributed by atoms with Gasteiger partial charge in [0, 0.05) is 11.9 Å². The van der Waals surface area contributed by atoms with Crippen LogP contribution in [0.1, 0.15) is 10.6 Å². The zero-order valence-corrected chi connectivity index (χ0v) is 10.1. The van der Waals surface area contributed by atoms with Gasteiger partial charge in [0.25, 0.3) is 11.7 Å². The van der Waals surface area contributed by atoms with Gasteiger partial charge in [0.05, 0.1) is 4.90 Å². The molecule has 1 heterocycles. The number of nitrogens with one attached hydrogen (secondary N) is 2. The second-order valence-electron chi connectivity index (χ2n) is 3.49. The Labute approximate surface area is 102 Å². The van der Waals surface area contributed by atoms with Gasteiger partial charge in [0.2, 0.25) is 0 Å². The normalized spacial score (nSPS) is 11.2.